The second-order valence-corrected chi connectivity index (χ2v) is 4.84. The highest BCUT2D eigenvalue weighted by atomic mass is 19.3. The predicted molar refractivity (Wildman–Crippen MR) is 66.2 cm³/mol. The molecule has 5 nitrogen and oxygen atoms in total. The van der Waals surface area contributed by atoms with Crippen molar-refractivity contribution < 1.29 is 23.4 Å². The van der Waals surface area contributed by atoms with E-state index in [1.165, 1.54) is 12.0 Å². The molecule has 1 heterocycles. The van der Waals surface area contributed by atoms with Crippen molar-refractivity contribution in [3.8, 4) is 0 Å². The minimum Gasteiger partial charge on any atom is -0.453 e. The number of halogens is 2. The molecule has 0 spiro atoms. The summed E-state index contributed by atoms with van der Waals surface area (Å²) in [5.41, 5.74) is 0. The third-order valence-corrected chi connectivity index (χ3v) is 3.44. The largest absolute Gasteiger partial charge is 0.453 e. The molecule has 0 saturated carbocycles. The molecule has 7 heteroatoms. The zero-order chi connectivity index (χ0) is 14.4. The van der Waals surface area contributed by atoms with Gasteiger partial charge in [0, 0.05) is 25.0 Å². The fourth-order valence-corrected chi connectivity index (χ4v) is 2.43. The van der Waals surface area contributed by atoms with Crippen molar-refractivity contribution in [1.29, 1.82) is 0 Å². The van der Waals surface area contributed by atoms with Gasteiger partial charge in [0.25, 0.3) is 6.43 Å². The summed E-state index contributed by atoms with van der Waals surface area (Å²) < 4.78 is 29.1. The Morgan fingerprint density at radius 2 is 2.21 bits per heavy atom. The molecule has 3 unspecified atom stereocenters. The van der Waals surface area contributed by atoms with Crippen molar-refractivity contribution in [2.75, 3.05) is 26.7 Å². The summed E-state index contributed by atoms with van der Waals surface area (Å²) in [6.07, 6.45) is -2.31. The number of ether oxygens (including phenoxy) is 1. The molecule has 1 saturated heterocycles. The maximum absolute atomic E-state index is 12.2. The van der Waals surface area contributed by atoms with Crippen LogP contribution in [-0.2, 0) is 4.74 Å². The molecule has 0 aromatic carbocycles. The fraction of sp³-hybridized carbons (Fsp3) is 0.917. The van der Waals surface area contributed by atoms with Crippen molar-refractivity contribution >= 4 is 6.09 Å². The molecule has 0 aromatic heterocycles. The van der Waals surface area contributed by atoms with Crippen LogP contribution in [0, 0.1) is 5.92 Å². The van der Waals surface area contributed by atoms with Crippen molar-refractivity contribution in [3.63, 3.8) is 0 Å². The second kappa shape index (κ2) is 7.59. The van der Waals surface area contributed by atoms with Gasteiger partial charge in [0.15, 0.2) is 0 Å². The third kappa shape index (κ3) is 4.91. The first-order valence-electron chi connectivity index (χ1n) is 6.50. The van der Waals surface area contributed by atoms with E-state index in [1.54, 1.807) is 0 Å². The molecule has 2 N–H and O–H groups in total. The van der Waals surface area contributed by atoms with Crippen molar-refractivity contribution in [2.45, 2.75) is 38.3 Å². The number of methoxy groups -OCH3 is 1. The van der Waals surface area contributed by atoms with E-state index in [2.05, 4.69) is 10.1 Å². The van der Waals surface area contributed by atoms with E-state index in [0.717, 1.165) is 0 Å². The number of carbonyl (C=O) groups excluding carboxylic acids is 1. The molecule has 0 aromatic rings. The summed E-state index contributed by atoms with van der Waals surface area (Å²) in [5, 5.41) is 12.6. The van der Waals surface area contributed by atoms with Gasteiger partial charge in [0.2, 0.25) is 0 Å². The standard InChI is InChI=1S/C12H22F2N2O3/c1-3-10(17)8-4-9(15-5-11(13)14)7-16(6-8)12(18)19-2/h8-11,15,17H,3-7H2,1-2H3. The van der Waals surface area contributed by atoms with Gasteiger partial charge < -0.3 is 20.1 Å². The smallest absolute Gasteiger partial charge is 0.409 e. The van der Waals surface area contributed by atoms with Gasteiger partial charge in [-0.1, -0.05) is 6.92 Å². The fourth-order valence-electron chi connectivity index (χ4n) is 2.43. The van der Waals surface area contributed by atoms with Crippen molar-refractivity contribution in [3.05, 3.63) is 0 Å². The zero-order valence-corrected chi connectivity index (χ0v) is 11.3. The molecule has 0 radical (unpaired) electrons. The Hall–Kier alpha value is -0.950. The average Bonchev–Trinajstić information content (AvgIpc) is 2.42. The van der Waals surface area contributed by atoms with Crippen molar-refractivity contribution in [1.82, 2.24) is 10.2 Å². The number of aliphatic hydroxyl groups is 1. The summed E-state index contributed by atoms with van der Waals surface area (Å²) in [6, 6.07) is -0.243. The monoisotopic (exact) mass is 280 g/mol. The number of hydrogen-bond acceptors (Lipinski definition) is 4. The van der Waals surface area contributed by atoms with Crippen molar-refractivity contribution in [2.24, 2.45) is 5.92 Å². The number of rotatable bonds is 5. The maximum Gasteiger partial charge on any atom is 0.409 e. The van der Waals surface area contributed by atoms with E-state index in [4.69, 9.17) is 0 Å². The topological polar surface area (TPSA) is 61.8 Å². The highest BCUT2D eigenvalue weighted by Gasteiger charge is 2.33. The molecule has 0 aliphatic carbocycles. The molecule has 0 bridgehead atoms. The van der Waals surface area contributed by atoms with Crippen LogP contribution in [0.5, 0.6) is 0 Å². The van der Waals surface area contributed by atoms with Crippen LogP contribution in [0.2, 0.25) is 0 Å². The van der Waals surface area contributed by atoms with Crippen LogP contribution in [0.25, 0.3) is 0 Å². The summed E-state index contributed by atoms with van der Waals surface area (Å²) in [6.45, 7) is 2.17. The lowest BCUT2D eigenvalue weighted by atomic mass is 9.88. The second-order valence-electron chi connectivity index (χ2n) is 4.84. The molecular weight excluding hydrogens is 258 g/mol. The van der Waals surface area contributed by atoms with Crippen LogP contribution in [0.1, 0.15) is 19.8 Å². The van der Waals surface area contributed by atoms with Gasteiger partial charge in [0.1, 0.15) is 0 Å². The van der Waals surface area contributed by atoms with Gasteiger partial charge in [-0.3, -0.25) is 0 Å². The van der Waals surface area contributed by atoms with E-state index in [1.807, 2.05) is 6.92 Å². The molecule has 1 aliphatic rings. The molecule has 19 heavy (non-hydrogen) atoms. The third-order valence-electron chi connectivity index (χ3n) is 3.44. The van der Waals surface area contributed by atoms with Gasteiger partial charge in [-0.25, -0.2) is 13.6 Å². The number of piperidine rings is 1. The van der Waals surface area contributed by atoms with E-state index < -0.39 is 25.2 Å². The first-order chi connectivity index (χ1) is 8.97. The number of amides is 1. The highest BCUT2D eigenvalue weighted by molar-refractivity contribution is 5.67. The number of likely N-dealkylation sites (tertiary alicyclic amines) is 1. The predicted octanol–water partition coefficient (Wildman–Crippen LogP) is 1.07. The number of nitrogens with zero attached hydrogens (tertiary/aromatic N) is 1. The Kier molecular flexibility index (Phi) is 6.44. The van der Waals surface area contributed by atoms with Gasteiger partial charge in [-0.05, 0) is 12.8 Å². The lowest BCUT2D eigenvalue weighted by Gasteiger charge is -2.39. The number of aliphatic hydroxyl groups excluding tert-OH is 1. The number of alkyl halides is 2. The van der Waals surface area contributed by atoms with E-state index in [-0.39, 0.29) is 12.0 Å². The zero-order valence-electron chi connectivity index (χ0n) is 11.3. The quantitative estimate of drug-likeness (QED) is 0.791. The minimum atomic E-state index is -2.43. The highest BCUT2D eigenvalue weighted by Crippen LogP contribution is 2.22. The molecule has 1 rings (SSSR count). The SMILES string of the molecule is CCC(O)C1CC(NCC(F)F)CN(C(=O)OC)C1. The Morgan fingerprint density at radius 3 is 2.74 bits per heavy atom. The van der Waals surface area contributed by atoms with Gasteiger partial charge in [0.05, 0.1) is 19.8 Å². The van der Waals surface area contributed by atoms with Crippen LogP contribution in [0.4, 0.5) is 13.6 Å². The lowest BCUT2D eigenvalue weighted by Crippen LogP contribution is -2.54. The van der Waals surface area contributed by atoms with Crippen LogP contribution >= 0.6 is 0 Å². The first-order valence-corrected chi connectivity index (χ1v) is 6.50. The van der Waals surface area contributed by atoms with E-state index in [0.29, 0.717) is 25.9 Å². The normalized spacial score (nSPS) is 25.5. The van der Waals surface area contributed by atoms with Gasteiger partial charge in [-0.2, -0.15) is 0 Å². The molecule has 112 valence electrons. The summed E-state index contributed by atoms with van der Waals surface area (Å²) in [5.74, 6) is -0.118. The number of nitrogens with one attached hydrogen (secondary N) is 1. The van der Waals surface area contributed by atoms with Crippen LogP contribution in [0.15, 0.2) is 0 Å². The molecule has 3 atom stereocenters. The average molecular weight is 280 g/mol. The Balaban J connectivity index is 2.63. The van der Waals surface area contributed by atoms with E-state index in [9.17, 15) is 18.7 Å². The Bertz CT molecular complexity index is 292. The molecule has 1 aliphatic heterocycles. The van der Waals surface area contributed by atoms with Crippen LogP contribution in [-0.4, -0.2) is 61.4 Å². The summed E-state index contributed by atoms with van der Waals surface area (Å²) >= 11 is 0. The number of carbonyl (C=O) groups is 1. The molecule has 1 amide bonds. The van der Waals surface area contributed by atoms with Crippen LogP contribution < -0.4 is 5.32 Å². The maximum atomic E-state index is 12.2. The van der Waals surface area contributed by atoms with Gasteiger partial charge in [-0.15, -0.1) is 0 Å². The lowest BCUT2D eigenvalue weighted by molar-refractivity contribution is 0.0297. The van der Waals surface area contributed by atoms with Crippen LogP contribution in [0.3, 0.4) is 0 Å². The Labute approximate surface area is 111 Å². The summed E-state index contributed by atoms with van der Waals surface area (Å²) in [4.78, 5) is 13.0. The number of hydrogen-bond donors (Lipinski definition) is 2. The molecule has 1 fully saturated rings. The summed E-state index contributed by atoms with van der Waals surface area (Å²) in [7, 11) is 1.28. The van der Waals surface area contributed by atoms with E-state index >= 15 is 0 Å². The Morgan fingerprint density at radius 1 is 1.53 bits per heavy atom. The van der Waals surface area contributed by atoms with Gasteiger partial charge >= 0.3 is 6.09 Å². The minimum absolute atomic E-state index is 0.118. The first kappa shape index (κ1) is 16.1. The molecular formula is C12H22F2N2O3.